The van der Waals surface area contributed by atoms with Gasteiger partial charge in [0, 0.05) is 47.9 Å². The average molecular weight is 362 g/mol. The van der Waals surface area contributed by atoms with E-state index >= 15 is 0 Å². The van der Waals surface area contributed by atoms with Crippen molar-refractivity contribution in [1.82, 2.24) is 19.6 Å². The maximum Gasteiger partial charge on any atom is 0.254 e. The van der Waals surface area contributed by atoms with Crippen molar-refractivity contribution in [3.05, 3.63) is 65.6 Å². The first-order valence-corrected chi connectivity index (χ1v) is 9.47. The molecule has 2 aliphatic rings. The molecule has 138 valence electrons. The number of aromatic nitrogens is 2. The molecule has 0 spiro atoms. The highest BCUT2D eigenvalue weighted by atomic mass is 16.5. The number of hydrogen-bond acceptors (Lipinski definition) is 4. The van der Waals surface area contributed by atoms with Crippen LogP contribution in [0, 0.1) is 0 Å². The zero-order valence-electron chi connectivity index (χ0n) is 15.1. The van der Waals surface area contributed by atoms with E-state index in [1.54, 1.807) is 6.20 Å². The molecule has 1 N–H and O–H groups in total. The molecular weight excluding hydrogens is 340 g/mol. The summed E-state index contributed by atoms with van der Waals surface area (Å²) in [5.41, 5.74) is 3.78. The number of nitrogens with one attached hydrogen (secondary N) is 1. The van der Waals surface area contributed by atoms with Gasteiger partial charge in [-0.05, 0) is 37.6 Å². The molecule has 0 aliphatic carbocycles. The molecule has 1 aromatic carbocycles. The summed E-state index contributed by atoms with van der Waals surface area (Å²) in [6.07, 6.45) is 7.91. The lowest BCUT2D eigenvalue weighted by atomic mass is 10.1. The Morgan fingerprint density at radius 2 is 2.22 bits per heavy atom. The van der Waals surface area contributed by atoms with E-state index < -0.39 is 0 Å². The number of ether oxygens (including phenoxy) is 1. The molecule has 6 nitrogen and oxygen atoms in total. The number of nitrogens with zero attached hydrogens (tertiary/aromatic N) is 3. The van der Waals surface area contributed by atoms with Crippen LogP contribution in [-0.2, 0) is 13.2 Å². The van der Waals surface area contributed by atoms with Gasteiger partial charge in [0.05, 0.1) is 6.54 Å². The van der Waals surface area contributed by atoms with Crippen molar-refractivity contribution in [3.63, 3.8) is 0 Å². The van der Waals surface area contributed by atoms with Crippen LogP contribution >= 0.6 is 0 Å². The van der Waals surface area contributed by atoms with E-state index in [2.05, 4.69) is 10.3 Å². The highest BCUT2D eigenvalue weighted by Gasteiger charge is 2.34. The van der Waals surface area contributed by atoms with Crippen LogP contribution in [0.15, 0.2) is 48.9 Å². The zero-order valence-corrected chi connectivity index (χ0v) is 15.1. The molecule has 6 heteroatoms. The molecule has 1 amide bonds. The topological polar surface area (TPSA) is 58.9 Å². The first kappa shape index (κ1) is 16.3. The van der Waals surface area contributed by atoms with Crippen molar-refractivity contribution in [2.75, 3.05) is 13.1 Å². The number of hydrogen-bond donors (Lipinski definition) is 1. The van der Waals surface area contributed by atoms with Crippen molar-refractivity contribution >= 4 is 11.6 Å². The molecule has 3 aromatic rings. The van der Waals surface area contributed by atoms with Gasteiger partial charge >= 0.3 is 0 Å². The van der Waals surface area contributed by atoms with Gasteiger partial charge in [-0.15, -0.1) is 0 Å². The van der Waals surface area contributed by atoms with Crippen molar-refractivity contribution in [2.45, 2.75) is 32.0 Å². The first-order chi connectivity index (χ1) is 13.3. The van der Waals surface area contributed by atoms with Crippen LogP contribution in [0.25, 0.3) is 5.65 Å². The summed E-state index contributed by atoms with van der Waals surface area (Å²) in [4.78, 5) is 19.1. The summed E-state index contributed by atoms with van der Waals surface area (Å²) < 4.78 is 8.10. The largest absolute Gasteiger partial charge is 0.488 e. The number of carbonyl (C=O) groups is 1. The van der Waals surface area contributed by atoms with Crippen LogP contribution in [0.4, 0.5) is 0 Å². The van der Waals surface area contributed by atoms with E-state index in [0.29, 0.717) is 13.2 Å². The molecule has 2 aliphatic heterocycles. The van der Waals surface area contributed by atoms with E-state index in [1.807, 2.05) is 52.0 Å². The Hall–Kier alpha value is -2.86. The second kappa shape index (κ2) is 6.70. The fraction of sp³-hybridized carbons (Fsp3) is 0.333. The Bertz CT molecular complexity index is 991. The Balaban J connectivity index is 1.35. The molecule has 1 atom stereocenters. The number of pyridine rings is 1. The molecule has 1 unspecified atom stereocenters. The minimum Gasteiger partial charge on any atom is -0.488 e. The third kappa shape index (κ3) is 2.96. The third-order valence-electron chi connectivity index (χ3n) is 5.51. The molecule has 0 saturated carbocycles. The minimum atomic E-state index is 0.129. The molecular formula is C21H22N4O2. The maximum absolute atomic E-state index is 12.9. The number of imidazole rings is 1. The summed E-state index contributed by atoms with van der Waals surface area (Å²) in [7, 11) is 0. The van der Waals surface area contributed by atoms with Gasteiger partial charge in [-0.25, -0.2) is 4.98 Å². The van der Waals surface area contributed by atoms with E-state index in [9.17, 15) is 4.79 Å². The molecule has 1 saturated heterocycles. The monoisotopic (exact) mass is 362 g/mol. The summed E-state index contributed by atoms with van der Waals surface area (Å²) in [5, 5.41) is 3.40. The van der Waals surface area contributed by atoms with Gasteiger partial charge < -0.3 is 19.4 Å². The molecule has 5 rings (SSSR count). The van der Waals surface area contributed by atoms with Gasteiger partial charge in [-0.3, -0.25) is 4.79 Å². The van der Waals surface area contributed by atoms with Crippen molar-refractivity contribution in [1.29, 1.82) is 0 Å². The Morgan fingerprint density at radius 3 is 3.11 bits per heavy atom. The molecule has 4 heterocycles. The highest BCUT2D eigenvalue weighted by Crippen LogP contribution is 2.33. The molecule has 27 heavy (non-hydrogen) atoms. The molecule has 2 aromatic heterocycles. The Labute approximate surface area is 157 Å². The number of benzene rings is 1. The quantitative estimate of drug-likeness (QED) is 0.775. The third-order valence-corrected chi connectivity index (χ3v) is 5.51. The van der Waals surface area contributed by atoms with Crippen LogP contribution in [0.3, 0.4) is 0 Å². The van der Waals surface area contributed by atoms with E-state index in [0.717, 1.165) is 54.0 Å². The lowest BCUT2D eigenvalue weighted by molar-refractivity contribution is 0.0674. The highest BCUT2D eigenvalue weighted by molar-refractivity contribution is 5.99. The second-order valence-corrected chi connectivity index (χ2v) is 7.23. The van der Waals surface area contributed by atoms with Gasteiger partial charge in [0.25, 0.3) is 5.91 Å². The summed E-state index contributed by atoms with van der Waals surface area (Å²) in [6, 6.07) is 10.1. The second-order valence-electron chi connectivity index (χ2n) is 7.23. The van der Waals surface area contributed by atoms with Crippen LogP contribution < -0.4 is 10.1 Å². The van der Waals surface area contributed by atoms with Gasteiger partial charge in [0.2, 0.25) is 0 Å². The fourth-order valence-corrected chi connectivity index (χ4v) is 4.07. The Morgan fingerprint density at radius 1 is 1.26 bits per heavy atom. The van der Waals surface area contributed by atoms with Crippen molar-refractivity contribution in [2.24, 2.45) is 0 Å². The molecule has 0 bridgehead atoms. The maximum atomic E-state index is 12.9. The lowest BCUT2D eigenvalue weighted by Gasteiger charge is -2.31. The van der Waals surface area contributed by atoms with Crippen LogP contribution in [0.5, 0.6) is 5.75 Å². The smallest absolute Gasteiger partial charge is 0.254 e. The number of fused-ring (bicyclic) bond motifs is 2. The summed E-state index contributed by atoms with van der Waals surface area (Å²) in [6.45, 7) is 3.02. The van der Waals surface area contributed by atoms with Crippen molar-refractivity contribution < 1.29 is 9.53 Å². The minimum absolute atomic E-state index is 0.129. The number of rotatable bonds is 4. The molecule has 0 radical (unpaired) electrons. The number of piperidine rings is 1. The van der Waals surface area contributed by atoms with Crippen LogP contribution in [-0.4, -0.2) is 39.3 Å². The van der Waals surface area contributed by atoms with E-state index in [-0.39, 0.29) is 11.9 Å². The van der Waals surface area contributed by atoms with E-state index in [4.69, 9.17) is 4.74 Å². The predicted octanol–water partition coefficient (Wildman–Crippen LogP) is 2.62. The standard InChI is InChI=1S/C21H22N4O2/c26-21-17-4-1-5-19(18(17)13-25(21)16-3-2-8-22-11-16)27-14-15-6-7-20-23-9-10-24(20)12-15/h1,4-7,9-10,12,16,22H,2-3,8,11,13-14H2. The number of amides is 1. The summed E-state index contributed by atoms with van der Waals surface area (Å²) >= 11 is 0. The van der Waals surface area contributed by atoms with Crippen molar-refractivity contribution in [3.8, 4) is 5.75 Å². The lowest BCUT2D eigenvalue weighted by Crippen LogP contribution is -2.46. The fourth-order valence-electron chi connectivity index (χ4n) is 4.07. The van der Waals surface area contributed by atoms with Crippen LogP contribution in [0.2, 0.25) is 0 Å². The SMILES string of the molecule is O=C1c2cccc(OCc3ccc4nccn4c3)c2CN1C1CCCNC1. The van der Waals surface area contributed by atoms with Gasteiger partial charge in [-0.1, -0.05) is 12.1 Å². The zero-order chi connectivity index (χ0) is 18.2. The van der Waals surface area contributed by atoms with Gasteiger partial charge in [0.1, 0.15) is 18.0 Å². The average Bonchev–Trinajstić information content (AvgIpc) is 3.31. The first-order valence-electron chi connectivity index (χ1n) is 9.47. The van der Waals surface area contributed by atoms with Crippen LogP contribution in [0.1, 0.15) is 34.3 Å². The van der Waals surface area contributed by atoms with Gasteiger partial charge in [0.15, 0.2) is 0 Å². The normalized spacial score (nSPS) is 19.5. The predicted molar refractivity (Wildman–Crippen MR) is 102 cm³/mol. The van der Waals surface area contributed by atoms with E-state index in [1.165, 1.54) is 0 Å². The Kier molecular flexibility index (Phi) is 4.05. The van der Waals surface area contributed by atoms with Gasteiger partial charge in [-0.2, -0.15) is 0 Å². The summed E-state index contributed by atoms with van der Waals surface area (Å²) in [5.74, 6) is 0.932. The number of carbonyl (C=O) groups excluding carboxylic acids is 1. The molecule has 1 fully saturated rings.